The summed E-state index contributed by atoms with van der Waals surface area (Å²) in [5.74, 6) is -0.552. The van der Waals surface area contributed by atoms with Gasteiger partial charge in [0.2, 0.25) is 0 Å². The molecule has 0 saturated heterocycles. The molecule has 1 aliphatic carbocycles. The van der Waals surface area contributed by atoms with E-state index in [4.69, 9.17) is 11.6 Å². The molecule has 1 aromatic carbocycles. The number of nitrogens with one attached hydrogen (secondary N) is 2. The Kier molecular flexibility index (Phi) is 4.27. The molecule has 0 radical (unpaired) electrons. The fourth-order valence-electron chi connectivity index (χ4n) is 2.36. The van der Waals surface area contributed by atoms with E-state index in [2.05, 4.69) is 10.6 Å². The number of rotatable bonds is 3. The van der Waals surface area contributed by atoms with E-state index in [1.807, 2.05) is 0 Å². The summed E-state index contributed by atoms with van der Waals surface area (Å²) in [5, 5.41) is 14.9. The van der Waals surface area contributed by atoms with Crippen LogP contribution in [0.2, 0.25) is 5.02 Å². The number of anilines is 1. The van der Waals surface area contributed by atoms with Gasteiger partial charge in [-0.3, -0.25) is 0 Å². The third kappa shape index (κ3) is 3.36. The van der Waals surface area contributed by atoms with Crippen LogP contribution in [0.25, 0.3) is 0 Å². The first-order valence-electron chi connectivity index (χ1n) is 6.20. The first kappa shape index (κ1) is 14.1. The molecule has 1 saturated carbocycles. The van der Waals surface area contributed by atoms with Crippen LogP contribution >= 0.6 is 11.6 Å². The number of benzene rings is 1. The Balaban J connectivity index is 2.03. The Bertz CT molecular complexity index is 476. The summed E-state index contributed by atoms with van der Waals surface area (Å²) in [6.45, 7) is -0.113. The Morgan fingerprint density at radius 1 is 1.42 bits per heavy atom. The quantitative estimate of drug-likeness (QED) is 0.800. The van der Waals surface area contributed by atoms with E-state index >= 15 is 0 Å². The van der Waals surface area contributed by atoms with Gasteiger partial charge in [0, 0.05) is 5.02 Å². The van der Waals surface area contributed by atoms with Crippen LogP contribution in [0.15, 0.2) is 18.2 Å². The van der Waals surface area contributed by atoms with Crippen LogP contribution in [0.4, 0.5) is 14.9 Å². The third-order valence-electron chi connectivity index (χ3n) is 3.42. The highest BCUT2D eigenvalue weighted by molar-refractivity contribution is 6.30. The van der Waals surface area contributed by atoms with E-state index in [1.165, 1.54) is 18.2 Å². The lowest BCUT2D eigenvalue weighted by atomic mass is 9.99. The largest absolute Gasteiger partial charge is 0.394 e. The third-order valence-corrected chi connectivity index (χ3v) is 3.65. The molecule has 2 amide bonds. The van der Waals surface area contributed by atoms with Crippen molar-refractivity contribution < 1.29 is 14.3 Å². The number of carbonyl (C=O) groups excluding carboxylic acids is 1. The zero-order chi connectivity index (χ0) is 13.9. The summed E-state index contributed by atoms with van der Waals surface area (Å²) in [6.07, 6.45) is 3.39. The first-order valence-corrected chi connectivity index (χ1v) is 6.57. The van der Waals surface area contributed by atoms with Gasteiger partial charge in [0.25, 0.3) is 0 Å². The summed E-state index contributed by atoms with van der Waals surface area (Å²) in [5.41, 5.74) is -0.560. The second kappa shape index (κ2) is 5.75. The molecule has 0 spiro atoms. The van der Waals surface area contributed by atoms with Gasteiger partial charge in [-0.25, -0.2) is 9.18 Å². The molecule has 1 aromatic rings. The normalized spacial score (nSPS) is 17.2. The minimum atomic E-state index is -0.584. The van der Waals surface area contributed by atoms with Crippen molar-refractivity contribution in [3.8, 4) is 0 Å². The van der Waals surface area contributed by atoms with Gasteiger partial charge in [-0.15, -0.1) is 0 Å². The predicted octanol–water partition coefficient (Wildman–Crippen LogP) is 2.91. The maximum absolute atomic E-state index is 13.5. The van der Waals surface area contributed by atoms with Gasteiger partial charge in [-0.05, 0) is 31.0 Å². The smallest absolute Gasteiger partial charge is 0.319 e. The Morgan fingerprint density at radius 2 is 2.11 bits per heavy atom. The van der Waals surface area contributed by atoms with Crippen LogP contribution in [0.5, 0.6) is 0 Å². The van der Waals surface area contributed by atoms with Gasteiger partial charge >= 0.3 is 6.03 Å². The van der Waals surface area contributed by atoms with Gasteiger partial charge in [0.1, 0.15) is 5.82 Å². The van der Waals surface area contributed by atoms with Crippen molar-refractivity contribution in [3.05, 3.63) is 29.0 Å². The fraction of sp³-hybridized carbons (Fsp3) is 0.462. The van der Waals surface area contributed by atoms with E-state index < -0.39 is 17.4 Å². The Hall–Kier alpha value is -1.33. The van der Waals surface area contributed by atoms with Crippen molar-refractivity contribution >= 4 is 23.3 Å². The summed E-state index contributed by atoms with van der Waals surface area (Å²) >= 11 is 5.75. The standard InChI is InChI=1S/C13H16ClFN2O2/c14-9-3-4-10(15)11(7-9)16-12(19)17-13(8-18)5-1-2-6-13/h3-4,7,18H,1-2,5-6,8H2,(H2,16,17,19). The molecular formula is C13H16ClFN2O2. The highest BCUT2D eigenvalue weighted by Gasteiger charge is 2.34. The number of aliphatic hydroxyl groups is 1. The molecule has 1 aliphatic rings. The van der Waals surface area contributed by atoms with Crippen molar-refractivity contribution in [2.45, 2.75) is 31.2 Å². The number of amides is 2. The van der Waals surface area contributed by atoms with Crippen LogP contribution in [-0.4, -0.2) is 23.3 Å². The molecule has 0 heterocycles. The summed E-state index contributed by atoms with van der Waals surface area (Å²) < 4.78 is 13.5. The molecular weight excluding hydrogens is 271 g/mol. The SMILES string of the molecule is O=C(Nc1cc(Cl)ccc1F)NC1(CO)CCCC1. The molecule has 0 aliphatic heterocycles. The number of halogens is 2. The maximum Gasteiger partial charge on any atom is 0.319 e. The lowest BCUT2D eigenvalue weighted by molar-refractivity contribution is 0.167. The van der Waals surface area contributed by atoms with Crippen molar-refractivity contribution in [3.63, 3.8) is 0 Å². The molecule has 3 N–H and O–H groups in total. The average Bonchev–Trinajstić information content (AvgIpc) is 2.83. The molecule has 104 valence electrons. The molecule has 6 heteroatoms. The second-order valence-electron chi connectivity index (χ2n) is 4.85. The fourth-order valence-corrected chi connectivity index (χ4v) is 2.53. The first-order chi connectivity index (χ1) is 9.04. The summed E-state index contributed by atoms with van der Waals surface area (Å²) in [6, 6.07) is 3.41. The monoisotopic (exact) mass is 286 g/mol. The number of hydrogen-bond donors (Lipinski definition) is 3. The average molecular weight is 287 g/mol. The van der Waals surface area contributed by atoms with Gasteiger partial charge in [0.15, 0.2) is 0 Å². The molecule has 19 heavy (non-hydrogen) atoms. The van der Waals surface area contributed by atoms with Crippen molar-refractivity contribution in [1.29, 1.82) is 0 Å². The van der Waals surface area contributed by atoms with E-state index in [-0.39, 0.29) is 12.3 Å². The van der Waals surface area contributed by atoms with Crippen LogP contribution < -0.4 is 10.6 Å². The zero-order valence-electron chi connectivity index (χ0n) is 10.4. The Morgan fingerprint density at radius 3 is 2.74 bits per heavy atom. The van der Waals surface area contributed by atoms with E-state index in [1.54, 1.807) is 0 Å². The summed E-state index contributed by atoms with van der Waals surface area (Å²) in [7, 11) is 0. The van der Waals surface area contributed by atoms with E-state index in [0.717, 1.165) is 25.7 Å². The van der Waals surface area contributed by atoms with Crippen LogP contribution in [0.3, 0.4) is 0 Å². The predicted molar refractivity (Wildman–Crippen MR) is 71.8 cm³/mol. The van der Waals surface area contributed by atoms with Gasteiger partial charge in [-0.2, -0.15) is 0 Å². The number of carbonyl (C=O) groups is 1. The highest BCUT2D eigenvalue weighted by Crippen LogP contribution is 2.29. The van der Waals surface area contributed by atoms with Crippen molar-refractivity contribution in [2.24, 2.45) is 0 Å². The van der Waals surface area contributed by atoms with Crippen LogP contribution in [0.1, 0.15) is 25.7 Å². The molecule has 2 rings (SSSR count). The lowest BCUT2D eigenvalue weighted by Gasteiger charge is -2.28. The lowest BCUT2D eigenvalue weighted by Crippen LogP contribution is -2.50. The van der Waals surface area contributed by atoms with Gasteiger partial charge in [-0.1, -0.05) is 24.4 Å². The molecule has 0 atom stereocenters. The summed E-state index contributed by atoms with van der Waals surface area (Å²) in [4.78, 5) is 11.9. The highest BCUT2D eigenvalue weighted by atomic mass is 35.5. The number of aliphatic hydroxyl groups excluding tert-OH is 1. The van der Waals surface area contributed by atoms with E-state index in [9.17, 15) is 14.3 Å². The topological polar surface area (TPSA) is 61.4 Å². The maximum atomic E-state index is 13.5. The Labute approximate surface area is 116 Å². The van der Waals surface area contributed by atoms with Gasteiger partial charge < -0.3 is 15.7 Å². The van der Waals surface area contributed by atoms with Crippen molar-refractivity contribution in [1.82, 2.24) is 5.32 Å². The molecule has 4 nitrogen and oxygen atoms in total. The molecule has 1 fully saturated rings. The molecule has 0 bridgehead atoms. The molecule has 0 unspecified atom stereocenters. The van der Waals surface area contributed by atoms with Gasteiger partial charge in [0.05, 0.1) is 17.8 Å². The van der Waals surface area contributed by atoms with Crippen LogP contribution in [0, 0.1) is 5.82 Å². The number of urea groups is 1. The minimum Gasteiger partial charge on any atom is -0.394 e. The second-order valence-corrected chi connectivity index (χ2v) is 5.29. The number of hydrogen-bond acceptors (Lipinski definition) is 2. The minimum absolute atomic E-state index is 0.0242. The molecule has 0 aromatic heterocycles. The zero-order valence-corrected chi connectivity index (χ0v) is 11.1. The van der Waals surface area contributed by atoms with Crippen molar-refractivity contribution in [2.75, 3.05) is 11.9 Å². The van der Waals surface area contributed by atoms with Crippen LogP contribution in [-0.2, 0) is 0 Å². The van der Waals surface area contributed by atoms with E-state index in [0.29, 0.717) is 5.02 Å².